The lowest BCUT2D eigenvalue weighted by molar-refractivity contribution is 0.0110. The molecule has 0 aliphatic carbocycles. The molecule has 0 spiro atoms. The van der Waals surface area contributed by atoms with Crippen molar-refractivity contribution in [2.45, 2.75) is 32.8 Å². The van der Waals surface area contributed by atoms with E-state index in [2.05, 4.69) is 19.2 Å². The lowest BCUT2D eigenvalue weighted by Gasteiger charge is -2.31. The highest BCUT2D eigenvalue weighted by Crippen LogP contribution is 2.34. The third kappa shape index (κ3) is 2.69. The number of hydrogen-bond acceptors (Lipinski definition) is 3. The van der Waals surface area contributed by atoms with Gasteiger partial charge in [-0.3, -0.25) is 0 Å². The second-order valence-corrected chi connectivity index (χ2v) is 4.24. The van der Waals surface area contributed by atoms with Gasteiger partial charge in [0.25, 0.3) is 0 Å². The van der Waals surface area contributed by atoms with Gasteiger partial charge in [0.15, 0.2) is 0 Å². The Morgan fingerprint density at radius 1 is 1.57 bits per heavy atom. The minimum atomic E-state index is 0.198. The van der Waals surface area contributed by atoms with Crippen molar-refractivity contribution in [3.8, 4) is 0 Å². The van der Waals surface area contributed by atoms with Crippen molar-refractivity contribution >= 4 is 0 Å². The van der Waals surface area contributed by atoms with Crippen LogP contribution in [0.1, 0.15) is 26.7 Å². The summed E-state index contributed by atoms with van der Waals surface area (Å²) in [6, 6.07) is 0. The number of methoxy groups -OCH3 is 1. The van der Waals surface area contributed by atoms with Crippen LogP contribution in [-0.4, -0.2) is 39.5 Å². The smallest absolute Gasteiger partial charge is 0.0638 e. The van der Waals surface area contributed by atoms with Gasteiger partial charge in [-0.1, -0.05) is 6.92 Å². The monoisotopic (exact) mass is 201 g/mol. The van der Waals surface area contributed by atoms with Crippen LogP contribution in [0.15, 0.2) is 0 Å². The largest absolute Gasteiger partial charge is 0.384 e. The van der Waals surface area contributed by atoms with Crippen LogP contribution in [0.5, 0.6) is 0 Å². The molecule has 1 aliphatic heterocycles. The second-order valence-electron chi connectivity index (χ2n) is 4.24. The predicted octanol–water partition coefficient (Wildman–Crippen LogP) is 1.43. The van der Waals surface area contributed by atoms with E-state index in [1.54, 1.807) is 7.11 Å². The highest BCUT2D eigenvalue weighted by atomic mass is 16.5. The summed E-state index contributed by atoms with van der Waals surface area (Å²) >= 11 is 0. The minimum absolute atomic E-state index is 0.198. The fourth-order valence-corrected chi connectivity index (χ4v) is 2.09. The molecular weight excluding hydrogens is 178 g/mol. The van der Waals surface area contributed by atoms with Crippen LogP contribution in [0.2, 0.25) is 0 Å². The number of rotatable bonds is 6. The molecule has 2 unspecified atom stereocenters. The summed E-state index contributed by atoms with van der Waals surface area (Å²) in [6.45, 7) is 8.10. The van der Waals surface area contributed by atoms with Gasteiger partial charge in [-0.2, -0.15) is 0 Å². The average Bonchev–Trinajstić information content (AvgIpc) is 2.50. The molecule has 1 N–H and O–H groups in total. The zero-order valence-electron chi connectivity index (χ0n) is 9.64. The van der Waals surface area contributed by atoms with Crippen LogP contribution in [-0.2, 0) is 9.47 Å². The normalized spacial score (nSPS) is 32.4. The van der Waals surface area contributed by atoms with Crippen molar-refractivity contribution in [1.82, 2.24) is 5.32 Å². The Morgan fingerprint density at radius 3 is 2.86 bits per heavy atom. The highest BCUT2D eigenvalue weighted by Gasteiger charge is 2.41. The van der Waals surface area contributed by atoms with Gasteiger partial charge in [-0.25, -0.2) is 0 Å². The summed E-state index contributed by atoms with van der Waals surface area (Å²) in [5, 5.41) is 3.47. The number of nitrogens with one attached hydrogen (secondary N) is 1. The summed E-state index contributed by atoms with van der Waals surface area (Å²) in [6.07, 6.45) is 2.60. The first-order valence-corrected chi connectivity index (χ1v) is 5.56. The summed E-state index contributed by atoms with van der Waals surface area (Å²) in [5.41, 5.74) is 0.198. The first-order valence-electron chi connectivity index (χ1n) is 5.56. The standard InChI is InChI=1S/C11H23NO2/c1-4-6-12-8-11(9-13-3)5-7-14-10(11)2/h10,12H,4-9H2,1-3H3. The lowest BCUT2D eigenvalue weighted by Crippen LogP contribution is -2.43. The molecule has 3 nitrogen and oxygen atoms in total. The Kier molecular flexibility index (Phi) is 4.85. The summed E-state index contributed by atoms with van der Waals surface area (Å²) in [7, 11) is 1.77. The van der Waals surface area contributed by atoms with E-state index in [-0.39, 0.29) is 5.41 Å². The van der Waals surface area contributed by atoms with Gasteiger partial charge in [0.05, 0.1) is 12.7 Å². The van der Waals surface area contributed by atoms with Crippen LogP contribution in [0.25, 0.3) is 0 Å². The van der Waals surface area contributed by atoms with Crippen molar-refractivity contribution in [2.24, 2.45) is 5.41 Å². The second kappa shape index (κ2) is 5.69. The molecule has 1 rings (SSSR count). The van der Waals surface area contributed by atoms with Gasteiger partial charge in [-0.05, 0) is 26.3 Å². The molecule has 0 amide bonds. The predicted molar refractivity (Wildman–Crippen MR) is 57.5 cm³/mol. The van der Waals surface area contributed by atoms with Crippen molar-refractivity contribution in [1.29, 1.82) is 0 Å². The van der Waals surface area contributed by atoms with Gasteiger partial charge in [0, 0.05) is 25.7 Å². The van der Waals surface area contributed by atoms with Crippen LogP contribution in [0, 0.1) is 5.41 Å². The average molecular weight is 201 g/mol. The quantitative estimate of drug-likeness (QED) is 0.659. The van der Waals surface area contributed by atoms with Crippen LogP contribution >= 0.6 is 0 Å². The molecular formula is C11H23NO2. The first kappa shape index (κ1) is 12.0. The Hall–Kier alpha value is -0.120. The molecule has 1 fully saturated rings. The summed E-state index contributed by atoms with van der Waals surface area (Å²) in [5.74, 6) is 0. The first-order chi connectivity index (χ1) is 6.75. The molecule has 0 aromatic heterocycles. The number of ether oxygens (including phenoxy) is 2. The van der Waals surface area contributed by atoms with E-state index in [1.165, 1.54) is 6.42 Å². The van der Waals surface area contributed by atoms with E-state index in [4.69, 9.17) is 9.47 Å². The lowest BCUT2D eigenvalue weighted by atomic mass is 9.82. The van der Waals surface area contributed by atoms with E-state index in [1.807, 2.05) is 0 Å². The Labute approximate surface area is 87.2 Å². The third-order valence-electron chi connectivity index (χ3n) is 3.17. The maximum Gasteiger partial charge on any atom is 0.0638 e. The van der Waals surface area contributed by atoms with Crippen molar-refractivity contribution in [2.75, 3.05) is 33.4 Å². The topological polar surface area (TPSA) is 30.5 Å². The van der Waals surface area contributed by atoms with Gasteiger partial charge in [0.2, 0.25) is 0 Å². The molecule has 0 aromatic rings. The van der Waals surface area contributed by atoms with Crippen molar-refractivity contribution < 1.29 is 9.47 Å². The molecule has 0 radical (unpaired) electrons. The van der Waals surface area contributed by atoms with Crippen molar-refractivity contribution in [3.05, 3.63) is 0 Å². The highest BCUT2D eigenvalue weighted by molar-refractivity contribution is 4.91. The SMILES string of the molecule is CCCNCC1(COC)CCOC1C. The molecule has 0 aromatic carbocycles. The zero-order chi connectivity index (χ0) is 10.4. The fraction of sp³-hybridized carbons (Fsp3) is 1.00. The molecule has 1 heterocycles. The molecule has 84 valence electrons. The fourth-order valence-electron chi connectivity index (χ4n) is 2.09. The maximum atomic E-state index is 5.63. The van der Waals surface area contributed by atoms with Gasteiger partial charge < -0.3 is 14.8 Å². The van der Waals surface area contributed by atoms with E-state index >= 15 is 0 Å². The minimum Gasteiger partial charge on any atom is -0.384 e. The molecule has 3 heteroatoms. The molecule has 2 atom stereocenters. The zero-order valence-corrected chi connectivity index (χ0v) is 9.64. The molecule has 1 aliphatic rings. The van der Waals surface area contributed by atoms with Gasteiger partial charge in [0.1, 0.15) is 0 Å². The number of hydrogen-bond donors (Lipinski definition) is 1. The van der Waals surface area contributed by atoms with Crippen molar-refractivity contribution in [3.63, 3.8) is 0 Å². The Balaban J connectivity index is 2.44. The summed E-state index contributed by atoms with van der Waals surface area (Å²) < 4.78 is 10.9. The van der Waals surface area contributed by atoms with E-state index in [0.29, 0.717) is 6.10 Å². The molecule has 1 saturated heterocycles. The molecule has 14 heavy (non-hydrogen) atoms. The van der Waals surface area contributed by atoms with Gasteiger partial charge >= 0.3 is 0 Å². The van der Waals surface area contributed by atoms with Crippen LogP contribution in [0.3, 0.4) is 0 Å². The van der Waals surface area contributed by atoms with E-state index in [9.17, 15) is 0 Å². The van der Waals surface area contributed by atoms with Gasteiger partial charge in [-0.15, -0.1) is 0 Å². The Morgan fingerprint density at radius 2 is 2.36 bits per heavy atom. The molecule has 0 bridgehead atoms. The van der Waals surface area contributed by atoms with E-state index < -0.39 is 0 Å². The Bertz CT molecular complexity index is 163. The third-order valence-corrected chi connectivity index (χ3v) is 3.17. The van der Waals surface area contributed by atoms with E-state index in [0.717, 1.165) is 32.7 Å². The maximum absolute atomic E-state index is 5.63. The van der Waals surface area contributed by atoms with Crippen LogP contribution in [0.4, 0.5) is 0 Å². The summed E-state index contributed by atoms with van der Waals surface area (Å²) in [4.78, 5) is 0. The molecule has 0 saturated carbocycles. The van der Waals surface area contributed by atoms with Crippen LogP contribution < -0.4 is 5.32 Å².